The van der Waals surface area contributed by atoms with Gasteiger partial charge >= 0.3 is 0 Å². The molecule has 0 saturated heterocycles. The number of hydrogen-bond donors (Lipinski definition) is 2. The molecule has 0 atom stereocenters. The number of benzene rings is 2. The van der Waals surface area contributed by atoms with Gasteiger partial charge in [-0.3, -0.25) is 9.52 Å². The summed E-state index contributed by atoms with van der Waals surface area (Å²) in [4.78, 5) is 13.6. The van der Waals surface area contributed by atoms with Crippen molar-refractivity contribution < 1.29 is 13.2 Å². The van der Waals surface area contributed by atoms with Crippen LogP contribution in [0.5, 0.6) is 0 Å². The highest BCUT2D eigenvalue weighted by Gasteiger charge is 2.20. The van der Waals surface area contributed by atoms with E-state index in [0.717, 1.165) is 31.2 Å². The van der Waals surface area contributed by atoms with E-state index >= 15 is 0 Å². The molecule has 1 amide bonds. The first kappa shape index (κ1) is 21.0. The zero-order valence-corrected chi connectivity index (χ0v) is 18.0. The van der Waals surface area contributed by atoms with Gasteiger partial charge in [0.05, 0.1) is 10.6 Å². The molecular formula is C21H24N6O3S. The van der Waals surface area contributed by atoms with Crippen molar-refractivity contribution in [3.8, 4) is 11.4 Å². The van der Waals surface area contributed by atoms with Gasteiger partial charge in [-0.1, -0.05) is 42.7 Å². The molecule has 2 aromatic carbocycles. The summed E-state index contributed by atoms with van der Waals surface area (Å²) in [5, 5.41) is 15.2. The first-order chi connectivity index (χ1) is 14.9. The molecule has 1 aliphatic rings. The van der Waals surface area contributed by atoms with Crippen LogP contribution in [-0.2, 0) is 21.4 Å². The largest absolute Gasteiger partial charge is 0.352 e. The fraction of sp³-hybridized carbons (Fsp3) is 0.333. The van der Waals surface area contributed by atoms with Crippen LogP contribution in [0.1, 0.15) is 31.2 Å². The Bertz CT molecular complexity index is 1170. The Labute approximate surface area is 180 Å². The van der Waals surface area contributed by atoms with Crippen LogP contribution in [-0.4, -0.2) is 40.6 Å². The third kappa shape index (κ3) is 5.08. The third-order valence-corrected chi connectivity index (χ3v) is 6.58. The maximum atomic E-state index is 12.8. The van der Waals surface area contributed by atoms with Gasteiger partial charge in [0.25, 0.3) is 10.0 Å². The van der Waals surface area contributed by atoms with Crippen molar-refractivity contribution in [1.82, 2.24) is 25.5 Å². The lowest BCUT2D eigenvalue weighted by atomic mass is 10.2. The van der Waals surface area contributed by atoms with Crippen molar-refractivity contribution in [2.24, 2.45) is 0 Å². The third-order valence-electron chi connectivity index (χ3n) is 5.20. The average Bonchev–Trinajstić information content (AvgIpc) is 3.41. The van der Waals surface area contributed by atoms with Gasteiger partial charge in [-0.05, 0) is 49.2 Å². The summed E-state index contributed by atoms with van der Waals surface area (Å²) >= 11 is 0. The Morgan fingerprint density at radius 3 is 2.55 bits per heavy atom. The molecule has 9 nitrogen and oxygen atoms in total. The second-order valence-corrected chi connectivity index (χ2v) is 9.34. The standard InChI is InChI=1S/C21H24N6O3S/c1-15-10-12-17(13-11-15)31(29,30)25-19-9-5-4-8-18(19)21-23-26-27(24-21)14-20(28)22-16-6-2-3-7-16/h4-5,8-13,16,25H,2-3,6-7,14H2,1H3,(H,22,28). The van der Waals surface area contributed by atoms with Crippen LogP contribution in [0.25, 0.3) is 11.4 Å². The summed E-state index contributed by atoms with van der Waals surface area (Å²) in [5.41, 5.74) is 1.77. The Kier molecular flexibility index (Phi) is 5.99. The van der Waals surface area contributed by atoms with E-state index in [1.807, 2.05) is 6.92 Å². The lowest BCUT2D eigenvalue weighted by molar-refractivity contribution is -0.122. The molecule has 162 valence electrons. The van der Waals surface area contributed by atoms with E-state index < -0.39 is 10.0 Å². The predicted octanol–water partition coefficient (Wildman–Crippen LogP) is 2.51. The summed E-state index contributed by atoms with van der Waals surface area (Å²) in [6.45, 7) is 1.85. The molecule has 0 bridgehead atoms. The molecule has 0 spiro atoms. The van der Waals surface area contributed by atoms with Gasteiger partial charge < -0.3 is 5.32 Å². The molecule has 0 unspecified atom stereocenters. The fourth-order valence-electron chi connectivity index (χ4n) is 3.58. The number of para-hydroxylation sites is 1. The number of tetrazole rings is 1. The molecule has 4 rings (SSSR count). The molecule has 2 N–H and O–H groups in total. The second kappa shape index (κ2) is 8.84. The van der Waals surface area contributed by atoms with E-state index in [-0.39, 0.29) is 29.2 Å². The van der Waals surface area contributed by atoms with E-state index in [2.05, 4.69) is 25.4 Å². The number of hydrogen-bond acceptors (Lipinski definition) is 6. The van der Waals surface area contributed by atoms with Gasteiger partial charge in [-0.15, -0.1) is 10.2 Å². The van der Waals surface area contributed by atoms with Gasteiger partial charge in [0, 0.05) is 11.6 Å². The molecule has 10 heteroatoms. The van der Waals surface area contributed by atoms with Gasteiger partial charge in [0.2, 0.25) is 11.7 Å². The SMILES string of the molecule is Cc1ccc(S(=O)(=O)Nc2ccccc2-c2nnn(CC(=O)NC3CCCC3)n2)cc1. The number of carbonyl (C=O) groups is 1. The average molecular weight is 441 g/mol. The molecule has 1 saturated carbocycles. The van der Waals surface area contributed by atoms with Crippen LogP contribution in [0, 0.1) is 6.92 Å². The molecule has 0 radical (unpaired) electrons. The maximum absolute atomic E-state index is 12.8. The summed E-state index contributed by atoms with van der Waals surface area (Å²) < 4.78 is 28.2. The lowest BCUT2D eigenvalue weighted by Crippen LogP contribution is -2.35. The number of anilines is 1. The Morgan fingerprint density at radius 1 is 1.10 bits per heavy atom. The van der Waals surface area contributed by atoms with Crippen LogP contribution in [0.3, 0.4) is 0 Å². The summed E-state index contributed by atoms with van der Waals surface area (Å²) in [7, 11) is -3.78. The molecule has 1 aliphatic carbocycles. The quantitative estimate of drug-likeness (QED) is 0.583. The number of nitrogens with one attached hydrogen (secondary N) is 2. The van der Waals surface area contributed by atoms with E-state index in [1.54, 1.807) is 48.5 Å². The van der Waals surface area contributed by atoms with Crippen molar-refractivity contribution in [3.63, 3.8) is 0 Å². The van der Waals surface area contributed by atoms with E-state index in [4.69, 9.17) is 0 Å². The maximum Gasteiger partial charge on any atom is 0.261 e. The van der Waals surface area contributed by atoms with Crippen LogP contribution in [0.4, 0.5) is 5.69 Å². The van der Waals surface area contributed by atoms with Crippen molar-refractivity contribution >= 4 is 21.6 Å². The van der Waals surface area contributed by atoms with Crippen LogP contribution in [0.15, 0.2) is 53.4 Å². The summed E-state index contributed by atoms with van der Waals surface area (Å²) in [6, 6.07) is 13.6. The number of aromatic nitrogens is 4. The highest BCUT2D eigenvalue weighted by molar-refractivity contribution is 7.92. The van der Waals surface area contributed by atoms with Gasteiger partial charge in [0.1, 0.15) is 6.54 Å². The van der Waals surface area contributed by atoms with Crippen LogP contribution in [0.2, 0.25) is 0 Å². The van der Waals surface area contributed by atoms with Gasteiger partial charge in [-0.2, -0.15) is 4.80 Å². The monoisotopic (exact) mass is 440 g/mol. The van der Waals surface area contributed by atoms with E-state index in [9.17, 15) is 13.2 Å². The molecule has 31 heavy (non-hydrogen) atoms. The zero-order valence-electron chi connectivity index (χ0n) is 17.2. The Hall–Kier alpha value is -3.27. The Balaban J connectivity index is 1.51. The molecule has 1 aromatic heterocycles. The summed E-state index contributed by atoms with van der Waals surface area (Å²) in [5.74, 6) is 0.0695. The highest BCUT2D eigenvalue weighted by atomic mass is 32.2. The van der Waals surface area contributed by atoms with Gasteiger partial charge in [0.15, 0.2) is 0 Å². The second-order valence-electron chi connectivity index (χ2n) is 7.66. The zero-order chi connectivity index (χ0) is 21.8. The lowest BCUT2D eigenvalue weighted by Gasteiger charge is -2.11. The Morgan fingerprint density at radius 2 is 1.81 bits per heavy atom. The first-order valence-electron chi connectivity index (χ1n) is 10.2. The smallest absolute Gasteiger partial charge is 0.261 e. The van der Waals surface area contributed by atoms with E-state index in [1.165, 1.54) is 4.80 Å². The number of sulfonamides is 1. The molecule has 3 aromatic rings. The number of aryl methyl sites for hydroxylation is 1. The van der Waals surface area contributed by atoms with Gasteiger partial charge in [-0.25, -0.2) is 8.42 Å². The highest BCUT2D eigenvalue weighted by Crippen LogP contribution is 2.27. The number of carbonyl (C=O) groups excluding carboxylic acids is 1. The van der Waals surface area contributed by atoms with Crippen molar-refractivity contribution in [2.75, 3.05) is 4.72 Å². The first-order valence-corrected chi connectivity index (χ1v) is 11.6. The number of amides is 1. The minimum absolute atomic E-state index is 0.0409. The van der Waals surface area contributed by atoms with Crippen LogP contribution >= 0.6 is 0 Å². The van der Waals surface area contributed by atoms with Crippen molar-refractivity contribution in [2.45, 2.75) is 50.1 Å². The topological polar surface area (TPSA) is 119 Å². The summed E-state index contributed by atoms with van der Waals surface area (Å²) in [6.07, 6.45) is 4.25. The molecule has 1 fully saturated rings. The fourth-order valence-corrected chi connectivity index (χ4v) is 4.66. The van der Waals surface area contributed by atoms with Crippen molar-refractivity contribution in [3.05, 3.63) is 54.1 Å². The molecule has 0 aliphatic heterocycles. The van der Waals surface area contributed by atoms with Crippen LogP contribution < -0.4 is 10.0 Å². The minimum atomic E-state index is -3.78. The minimum Gasteiger partial charge on any atom is -0.352 e. The van der Waals surface area contributed by atoms with E-state index in [0.29, 0.717) is 11.3 Å². The normalized spacial score (nSPS) is 14.5. The predicted molar refractivity (Wildman–Crippen MR) is 116 cm³/mol. The number of rotatable bonds is 7. The van der Waals surface area contributed by atoms with Crippen molar-refractivity contribution in [1.29, 1.82) is 0 Å². The number of nitrogens with zero attached hydrogens (tertiary/aromatic N) is 4. The molecular weight excluding hydrogens is 416 g/mol. The molecule has 1 heterocycles.